The molecule has 0 atom stereocenters. The Kier molecular flexibility index (Phi) is 2.30. The van der Waals surface area contributed by atoms with Gasteiger partial charge in [-0.15, -0.1) is 0 Å². The summed E-state index contributed by atoms with van der Waals surface area (Å²) in [6.45, 7) is 0. The number of hydrogen-bond acceptors (Lipinski definition) is 3. The van der Waals surface area contributed by atoms with Crippen LogP contribution in [0.4, 0.5) is 0 Å². The predicted octanol–water partition coefficient (Wildman–Crippen LogP) is 2.32. The van der Waals surface area contributed by atoms with Crippen molar-refractivity contribution in [3.05, 3.63) is 48.3 Å². The van der Waals surface area contributed by atoms with Gasteiger partial charge in [0, 0.05) is 17.1 Å². The number of pyridine rings is 1. The van der Waals surface area contributed by atoms with Crippen molar-refractivity contribution in [1.82, 2.24) is 15.2 Å². The highest BCUT2D eigenvalue weighted by molar-refractivity contribution is 5.88. The van der Waals surface area contributed by atoms with Gasteiger partial charge >= 0.3 is 5.97 Å². The normalized spacial score (nSPS) is 10.7. The van der Waals surface area contributed by atoms with Crippen molar-refractivity contribution in [2.24, 2.45) is 0 Å². The third-order valence-electron chi connectivity index (χ3n) is 2.71. The zero-order chi connectivity index (χ0) is 12.5. The molecule has 0 fully saturated rings. The van der Waals surface area contributed by atoms with Crippen LogP contribution in [0.25, 0.3) is 22.2 Å². The van der Waals surface area contributed by atoms with Crippen molar-refractivity contribution < 1.29 is 9.90 Å². The van der Waals surface area contributed by atoms with E-state index in [0.29, 0.717) is 5.69 Å². The van der Waals surface area contributed by atoms with E-state index in [0.717, 1.165) is 16.5 Å². The molecule has 2 N–H and O–H groups in total. The molecule has 18 heavy (non-hydrogen) atoms. The van der Waals surface area contributed by atoms with E-state index in [1.165, 1.54) is 6.07 Å². The lowest BCUT2D eigenvalue weighted by atomic mass is 10.1. The lowest BCUT2D eigenvalue weighted by Gasteiger charge is -1.99. The number of carboxylic acid groups (broad SMARTS) is 1. The van der Waals surface area contributed by atoms with Crippen LogP contribution in [0.1, 0.15) is 10.5 Å². The molecule has 0 amide bonds. The SMILES string of the molecule is O=C(O)c1cc(-c2ccc3cccnc3c2)n[nH]1. The average Bonchev–Trinajstić information content (AvgIpc) is 2.88. The highest BCUT2D eigenvalue weighted by Crippen LogP contribution is 2.22. The van der Waals surface area contributed by atoms with Gasteiger partial charge in [0.05, 0.1) is 11.2 Å². The minimum atomic E-state index is -1.02. The van der Waals surface area contributed by atoms with Crippen molar-refractivity contribution in [1.29, 1.82) is 0 Å². The van der Waals surface area contributed by atoms with Crippen molar-refractivity contribution in [3.63, 3.8) is 0 Å². The highest BCUT2D eigenvalue weighted by atomic mass is 16.4. The van der Waals surface area contributed by atoms with Gasteiger partial charge in [0.15, 0.2) is 0 Å². The summed E-state index contributed by atoms with van der Waals surface area (Å²) in [5.41, 5.74) is 2.37. The Bertz CT molecular complexity index is 734. The van der Waals surface area contributed by atoms with Crippen LogP contribution in [0, 0.1) is 0 Å². The first-order chi connectivity index (χ1) is 8.74. The van der Waals surface area contributed by atoms with Crippen molar-refractivity contribution in [2.75, 3.05) is 0 Å². The Morgan fingerprint density at radius 2 is 2.11 bits per heavy atom. The number of carbonyl (C=O) groups is 1. The van der Waals surface area contributed by atoms with Gasteiger partial charge in [0.2, 0.25) is 0 Å². The number of H-pyrrole nitrogens is 1. The number of carboxylic acids is 1. The quantitative estimate of drug-likeness (QED) is 0.719. The van der Waals surface area contributed by atoms with E-state index in [2.05, 4.69) is 15.2 Å². The van der Waals surface area contributed by atoms with Crippen LogP contribution in [0.2, 0.25) is 0 Å². The summed E-state index contributed by atoms with van der Waals surface area (Å²) in [6.07, 6.45) is 1.72. The topological polar surface area (TPSA) is 78.9 Å². The second kappa shape index (κ2) is 3.96. The van der Waals surface area contributed by atoms with E-state index in [1.807, 2.05) is 30.3 Å². The molecule has 3 aromatic rings. The second-order valence-corrected chi connectivity index (χ2v) is 3.88. The minimum absolute atomic E-state index is 0.0751. The number of aromatic carboxylic acids is 1. The summed E-state index contributed by atoms with van der Waals surface area (Å²) in [7, 11) is 0. The number of fused-ring (bicyclic) bond motifs is 1. The molecule has 0 aliphatic carbocycles. The zero-order valence-electron chi connectivity index (χ0n) is 9.29. The minimum Gasteiger partial charge on any atom is -0.477 e. The summed E-state index contributed by atoms with van der Waals surface area (Å²) in [6, 6.07) is 11.1. The molecule has 0 bridgehead atoms. The number of aromatic amines is 1. The predicted molar refractivity (Wildman–Crippen MR) is 66.3 cm³/mol. The molecule has 5 nitrogen and oxygen atoms in total. The standard InChI is InChI=1S/C13H9N3O2/c17-13(18)12-7-11(15-16-12)9-4-3-8-2-1-5-14-10(8)6-9/h1-7H,(H,15,16)(H,17,18). The van der Waals surface area contributed by atoms with Crippen molar-refractivity contribution in [3.8, 4) is 11.3 Å². The first-order valence-electron chi connectivity index (χ1n) is 5.38. The van der Waals surface area contributed by atoms with Crippen LogP contribution < -0.4 is 0 Å². The number of aromatic nitrogens is 3. The lowest BCUT2D eigenvalue weighted by Crippen LogP contribution is -1.95. The fourth-order valence-corrected chi connectivity index (χ4v) is 1.80. The molecule has 0 radical (unpaired) electrons. The molecule has 1 aromatic carbocycles. The van der Waals surface area contributed by atoms with Gasteiger partial charge < -0.3 is 5.11 Å². The van der Waals surface area contributed by atoms with E-state index in [1.54, 1.807) is 6.20 Å². The number of hydrogen-bond donors (Lipinski definition) is 2. The molecule has 2 aromatic heterocycles. The van der Waals surface area contributed by atoms with Gasteiger partial charge in [0.25, 0.3) is 0 Å². The van der Waals surface area contributed by atoms with E-state index in [-0.39, 0.29) is 5.69 Å². The van der Waals surface area contributed by atoms with Gasteiger partial charge in [-0.2, -0.15) is 5.10 Å². The smallest absolute Gasteiger partial charge is 0.353 e. The molecule has 0 spiro atoms. The summed E-state index contributed by atoms with van der Waals surface area (Å²) in [5, 5.41) is 16.3. The maximum absolute atomic E-state index is 10.8. The molecule has 88 valence electrons. The molecule has 0 saturated heterocycles. The van der Waals surface area contributed by atoms with E-state index >= 15 is 0 Å². The Morgan fingerprint density at radius 1 is 1.22 bits per heavy atom. The number of rotatable bonds is 2. The molecule has 0 unspecified atom stereocenters. The second-order valence-electron chi connectivity index (χ2n) is 3.88. The molecule has 2 heterocycles. The van der Waals surface area contributed by atoms with Gasteiger partial charge in [-0.1, -0.05) is 18.2 Å². The first kappa shape index (κ1) is 10.5. The molecule has 0 aliphatic rings. The average molecular weight is 239 g/mol. The maximum Gasteiger partial charge on any atom is 0.353 e. The summed E-state index contributed by atoms with van der Waals surface area (Å²) >= 11 is 0. The van der Waals surface area contributed by atoms with Crippen molar-refractivity contribution in [2.45, 2.75) is 0 Å². The Labute approximate surface area is 102 Å². The van der Waals surface area contributed by atoms with Crippen LogP contribution in [0.3, 0.4) is 0 Å². The summed E-state index contributed by atoms with van der Waals surface area (Å²) in [5.74, 6) is -1.02. The van der Waals surface area contributed by atoms with Gasteiger partial charge in [0.1, 0.15) is 5.69 Å². The number of benzene rings is 1. The van der Waals surface area contributed by atoms with E-state index < -0.39 is 5.97 Å². The Balaban J connectivity index is 2.10. The highest BCUT2D eigenvalue weighted by Gasteiger charge is 2.09. The van der Waals surface area contributed by atoms with E-state index in [4.69, 9.17) is 5.11 Å². The molecule has 5 heteroatoms. The molecular weight excluding hydrogens is 230 g/mol. The lowest BCUT2D eigenvalue weighted by molar-refractivity contribution is 0.0690. The monoisotopic (exact) mass is 239 g/mol. The van der Waals surface area contributed by atoms with Crippen LogP contribution in [-0.2, 0) is 0 Å². The molecule has 3 rings (SSSR count). The summed E-state index contributed by atoms with van der Waals surface area (Å²) < 4.78 is 0. The third kappa shape index (κ3) is 1.71. The van der Waals surface area contributed by atoms with Crippen LogP contribution in [0.15, 0.2) is 42.6 Å². The van der Waals surface area contributed by atoms with Crippen molar-refractivity contribution >= 4 is 16.9 Å². The number of nitrogens with one attached hydrogen (secondary N) is 1. The maximum atomic E-state index is 10.8. The summed E-state index contributed by atoms with van der Waals surface area (Å²) in [4.78, 5) is 15.0. The fourth-order valence-electron chi connectivity index (χ4n) is 1.80. The van der Waals surface area contributed by atoms with Gasteiger partial charge in [-0.25, -0.2) is 4.79 Å². The zero-order valence-corrected chi connectivity index (χ0v) is 9.29. The first-order valence-corrected chi connectivity index (χ1v) is 5.38. The van der Waals surface area contributed by atoms with Crippen LogP contribution in [-0.4, -0.2) is 26.3 Å². The third-order valence-corrected chi connectivity index (χ3v) is 2.71. The van der Waals surface area contributed by atoms with Gasteiger partial charge in [-0.3, -0.25) is 10.1 Å². The molecule has 0 saturated carbocycles. The Hall–Kier alpha value is -2.69. The number of nitrogens with zero attached hydrogens (tertiary/aromatic N) is 2. The largest absolute Gasteiger partial charge is 0.477 e. The fraction of sp³-hybridized carbons (Fsp3) is 0. The Morgan fingerprint density at radius 3 is 2.89 bits per heavy atom. The molecular formula is C13H9N3O2. The molecule has 0 aliphatic heterocycles. The van der Waals surface area contributed by atoms with Gasteiger partial charge in [-0.05, 0) is 18.2 Å². The van der Waals surface area contributed by atoms with Crippen LogP contribution in [0.5, 0.6) is 0 Å². The van der Waals surface area contributed by atoms with Crippen LogP contribution >= 0.6 is 0 Å². The van der Waals surface area contributed by atoms with E-state index in [9.17, 15) is 4.79 Å².